The average molecular weight is 268 g/mol. The molecule has 0 saturated heterocycles. The second kappa shape index (κ2) is 6.15. The first-order valence-corrected chi connectivity index (χ1v) is 6.45. The lowest BCUT2D eigenvalue weighted by Crippen LogP contribution is -2.24. The molecule has 20 heavy (non-hydrogen) atoms. The van der Waals surface area contributed by atoms with Crippen molar-refractivity contribution in [2.75, 3.05) is 0 Å². The maximum atomic E-state index is 12.1. The topological polar surface area (TPSA) is 43.4 Å². The summed E-state index contributed by atoms with van der Waals surface area (Å²) in [5.74, 6) is -0.683. The number of aryl methyl sites for hydroxylation is 1. The third kappa shape index (κ3) is 3.32. The van der Waals surface area contributed by atoms with Crippen LogP contribution in [0.2, 0.25) is 0 Å². The van der Waals surface area contributed by atoms with E-state index >= 15 is 0 Å². The number of rotatable bonds is 4. The highest BCUT2D eigenvalue weighted by Crippen LogP contribution is 2.10. The largest absolute Gasteiger partial charge is 0.451 e. The van der Waals surface area contributed by atoms with Crippen molar-refractivity contribution in [2.45, 2.75) is 20.0 Å². The third-order valence-electron chi connectivity index (χ3n) is 2.97. The fourth-order valence-corrected chi connectivity index (χ4v) is 1.89. The van der Waals surface area contributed by atoms with Crippen LogP contribution in [0.3, 0.4) is 0 Å². The van der Waals surface area contributed by atoms with Gasteiger partial charge in [-0.1, -0.05) is 48.0 Å². The third-order valence-corrected chi connectivity index (χ3v) is 2.97. The average Bonchev–Trinajstić information content (AvgIpc) is 2.47. The van der Waals surface area contributed by atoms with E-state index in [1.54, 1.807) is 49.4 Å². The Morgan fingerprint density at radius 1 is 0.950 bits per heavy atom. The predicted octanol–water partition coefficient (Wildman–Crippen LogP) is 3.42. The predicted molar refractivity (Wildman–Crippen MR) is 76.8 cm³/mol. The maximum absolute atomic E-state index is 12.1. The molecule has 3 heteroatoms. The standard InChI is InChI=1S/C17H16O3/c1-12-7-6-10-15(11-12)17(19)20-13(2)16(18)14-8-4-3-5-9-14/h3-11,13H,1-2H3/t13-/m1/s1. The molecule has 0 unspecified atom stereocenters. The summed E-state index contributed by atoms with van der Waals surface area (Å²) in [6, 6.07) is 15.9. The Labute approximate surface area is 118 Å². The molecule has 0 saturated carbocycles. The van der Waals surface area contributed by atoms with Crippen molar-refractivity contribution < 1.29 is 14.3 Å². The van der Waals surface area contributed by atoms with Gasteiger partial charge in [0.05, 0.1) is 5.56 Å². The number of esters is 1. The highest BCUT2D eigenvalue weighted by atomic mass is 16.5. The smallest absolute Gasteiger partial charge is 0.338 e. The summed E-state index contributed by atoms with van der Waals surface area (Å²) in [7, 11) is 0. The molecule has 0 aromatic heterocycles. The fraction of sp³-hybridized carbons (Fsp3) is 0.176. The molecule has 0 fully saturated rings. The van der Waals surface area contributed by atoms with E-state index in [0.29, 0.717) is 11.1 Å². The van der Waals surface area contributed by atoms with Crippen molar-refractivity contribution in [1.29, 1.82) is 0 Å². The molecule has 2 rings (SSSR count). The van der Waals surface area contributed by atoms with Gasteiger partial charge in [0.15, 0.2) is 6.10 Å². The van der Waals surface area contributed by atoms with Crippen LogP contribution >= 0.6 is 0 Å². The highest BCUT2D eigenvalue weighted by molar-refractivity contribution is 6.01. The number of ether oxygens (including phenoxy) is 1. The van der Waals surface area contributed by atoms with Gasteiger partial charge in [-0.15, -0.1) is 0 Å². The molecule has 0 heterocycles. The zero-order chi connectivity index (χ0) is 14.5. The number of hydrogen-bond acceptors (Lipinski definition) is 3. The molecule has 0 amide bonds. The summed E-state index contributed by atoms with van der Waals surface area (Å²) < 4.78 is 5.22. The SMILES string of the molecule is Cc1cccc(C(=O)O[C@H](C)C(=O)c2ccccc2)c1. The van der Waals surface area contributed by atoms with Crippen molar-refractivity contribution in [3.63, 3.8) is 0 Å². The number of benzene rings is 2. The molecule has 0 aliphatic heterocycles. The van der Waals surface area contributed by atoms with E-state index in [4.69, 9.17) is 4.74 Å². The van der Waals surface area contributed by atoms with Crippen LogP contribution in [0.15, 0.2) is 54.6 Å². The number of Topliss-reactive ketones (excluding diaryl/α,β-unsaturated/α-hetero) is 1. The van der Waals surface area contributed by atoms with Gasteiger partial charge in [-0.3, -0.25) is 4.79 Å². The Bertz CT molecular complexity index is 617. The van der Waals surface area contributed by atoms with Crippen LogP contribution < -0.4 is 0 Å². The van der Waals surface area contributed by atoms with Crippen molar-refractivity contribution in [1.82, 2.24) is 0 Å². The molecule has 0 bridgehead atoms. The van der Waals surface area contributed by atoms with E-state index in [1.807, 2.05) is 19.1 Å². The van der Waals surface area contributed by atoms with Gasteiger partial charge >= 0.3 is 5.97 Å². The molecule has 0 spiro atoms. The van der Waals surface area contributed by atoms with Gasteiger partial charge in [0, 0.05) is 5.56 Å². The van der Waals surface area contributed by atoms with Gasteiger partial charge in [0.2, 0.25) is 5.78 Å². The monoisotopic (exact) mass is 268 g/mol. The Kier molecular flexibility index (Phi) is 4.31. The first kappa shape index (κ1) is 14.0. The fourth-order valence-electron chi connectivity index (χ4n) is 1.89. The van der Waals surface area contributed by atoms with Crippen molar-refractivity contribution in [3.8, 4) is 0 Å². The molecule has 0 radical (unpaired) electrons. The molecule has 1 atom stereocenters. The van der Waals surface area contributed by atoms with E-state index in [1.165, 1.54) is 0 Å². The lowest BCUT2D eigenvalue weighted by Gasteiger charge is -2.12. The summed E-state index contributed by atoms with van der Waals surface area (Å²) in [5, 5.41) is 0. The number of ketones is 1. The molecular formula is C17H16O3. The van der Waals surface area contributed by atoms with Gasteiger partial charge in [-0.05, 0) is 26.0 Å². The van der Waals surface area contributed by atoms with Gasteiger partial charge < -0.3 is 4.74 Å². The minimum atomic E-state index is -0.801. The highest BCUT2D eigenvalue weighted by Gasteiger charge is 2.20. The number of carbonyl (C=O) groups excluding carboxylic acids is 2. The lowest BCUT2D eigenvalue weighted by atomic mass is 10.1. The van der Waals surface area contributed by atoms with Gasteiger partial charge in [0.25, 0.3) is 0 Å². The number of hydrogen-bond donors (Lipinski definition) is 0. The molecule has 2 aromatic carbocycles. The first-order chi connectivity index (χ1) is 9.58. The molecule has 0 aliphatic carbocycles. The van der Waals surface area contributed by atoms with Crippen LogP contribution in [0.5, 0.6) is 0 Å². The molecule has 0 N–H and O–H groups in total. The van der Waals surface area contributed by atoms with Crippen LogP contribution in [0.4, 0.5) is 0 Å². The van der Waals surface area contributed by atoms with Crippen LogP contribution in [-0.2, 0) is 4.74 Å². The van der Waals surface area contributed by atoms with E-state index in [9.17, 15) is 9.59 Å². The van der Waals surface area contributed by atoms with E-state index in [2.05, 4.69) is 0 Å². The molecule has 0 aliphatic rings. The first-order valence-electron chi connectivity index (χ1n) is 6.45. The van der Waals surface area contributed by atoms with Crippen LogP contribution in [0.25, 0.3) is 0 Å². The van der Waals surface area contributed by atoms with Crippen molar-refractivity contribution in [2.24, 2.45) is 0 Å². The molecule has 2 aromatic rings. The van der Waals surface area contributed by atoms with E-state index < -0.39 is 12.1 Å². The van der Waals surface area contributed by atoms with Crippen LogP contribution in [0.1, 0.15) is 33.2 Å². The zero-order valence-electron chi connectivity index (χ0n) is 11.5. The molecular weight excluding hydrogens is 252 g/mol. The summed E-state index contributed by atoms with van der Waals surface area (Å²) >= 11 is 0. The molecule has 102 valence electrons. The minimum absolute atomic E-state index is 0.202. The van der Waals surface area contributed by atoms with Crippen molar-refractivity contribution in [3.05, 3.63) is 71.3 Å². The normalized spacial score (nSPS) is 11.7. The number of carbonyl (C=O) groups is 2. The summed E-state index contributed by atoms with van der Waals surface area (Å²) in [6.07, 6.45) is -0.801. The summed E-state index contributed by atoms with van der Waals surface area (Å²) in [6.45, 7) is 3.48. The Hall–Kier alpha value is -2.42. The lowest BCUT2D eigenvalue weighted by molar-refractivity contribution is 0.0318. The van der Waals surface area contributed by atoms with Crippen LogP contribution in [-0.4, -0.2) is 17.9 Å². The second-order valence-corrected chi connectivity index (χ2v) is 4.65. The second-order valence-electron chi connectivity index (χ2n) is 4.65. The van der Waals surface area contributed by atoms with Crippen LogP contribution in [0, 0.1) is 6.92 Å². The molecule has 3 nitrogen and oxygen atoms in total. The van der Waals surface area contributed by atoms with E-state index in [-0.39, 0.29) is 5.78 Å². The Morgan fingerprint density at radius 2 is 1.60 bits per heavy atom. The Morgan fingerprint density at radius 3 is 2.25 bits per heavy atom. The van der Waals surface area contributed by atoms with Crippen molar-refractivity contribution >= 4 is 11.8 Å². The summed E-state index contributed by atoms with van der Waals surface area (Å²) in [5.41, 5.74) is 1.97. The Balaban J connectivity index is 2.06. The zero-order valence-corrected chi connectivity index (χ0v) is 11.5. The van der Waals surface area contributed by atoms with Gasteiger partial charge in [-0.25, -0.2) is 4.79 Å². The quantitative estimate of drug-likeness (QED) is 0.630. The maximum Gasteiger partial charge on any atom is 0.338 e. The van der Waals surface area contributed by atoms with E-state index in [0.717, 1.165) is 5.56 Å². The minimum Gasteiger partial charge on any atom is -0.451 e. The summed E-state index contributed by atoms with van der Waals surface area (Å²) in [4.78, 5) is 24.1. The van der Waals surface area contributed by atoms with Gasteiger partial charge in [-0.2, -0.15) is 0 Å². The van der Waals surface area contributed by atoms with Gasteiger partial charge in [0.1, 0.15) is 0 Å².